The Labute approximate surface area is 127 Å². The van der Waals surface area contributed by atoms with Gasteiger partial charge in [-0.2, -0.15) is 0 Å². The number of nitrogens with one attached hydrogen (secondary N) is 1. The van der Waals surface area contributed by atoms with Gasteiger partial charge in [0.05, 0.1) is 12.0 Å². The van der Waals surface area contributed by atoms with Crippen LogP contribution in [0.1, 0.15) is 29.8 Å². The highest BCUT2D eigenvalue weighted by atomic mass is 32.1. The van der Waals surface area contributed by atoms with Crippen LogP contribution in [-0.2, 0) is 6.42 Å². The van der Waals surface area contributed by atoms with E-state index in [1.54, 1.807) is 24.5 Å². The van der Waals surface area contributed by atoms with Gasteiger partial charge in [-0.1, -0.05) is 19.1 Å². The highest BCUT2D eigenvalue weighted by Gasteiger charge is 2.20. The van der Waals surface area contributed by atoms with E-state index >= 15 is 0 Å². The minimum atomic E-state index is -0.806. The summed E-state index contributed by atoms with van der Waals surface area (Å²) in [5, 5.41) is 5.32. The molecule has 0 fully saturated rings. The first-order chi connectivity index (χ1) is 10.2. The van der Waals surface area contributed by atoms with E-state index in [0.717, 1.165) is 29.7 Å². The Morgan fingerprint density at radius 3 is 2.81 bits per heavy atom. The van der Waals surface area contributed by atoms with E-state index in [2.05, 4.69) is 12.2 Å². The molecule has 0 aliphatic carbocycles. The minimum Gasteiger partial charge on any atom is -0.496 e. The fourth-order valence-corrected chi connectivity index (χ4v) is 3.17. The molecule has 21 heavy (non-hydrogen) atoms. The maximum Gasteiger partial charge on any atom is 0.162 e. The third-order valence-electron chi connectivity index (χ3n) is 3.29. The Morgan fingerprint density at radius 1 is 1.29 bits per heavy atom. The topological polar surface area (TPSA) is 21.3 Å². The zero-order chi connectivity index (χ0) is 15.2. The molecule has 114 valence electrons. The van der Waals surface area contributed by atoms with E-state index in [4.69, 9.17) is 4.74 Å². The van der Waals surface area contributed by atoms with E-state index in [0.29, 0.717) is 12.0 Å². The number of hydrogen-bond donors (Lipinski definition) is 1. The normalized spacial score (nSPS) is 12.4. The lowest BCUT2D eigenvalue weighted by molar-refractivity contribution is 0.401. The lowest BCUT2D eigenvalue weighted by atomic mass is 10.0. The first-order valence-electron chi connectivity index (χ1n) is 6.95. The molecule has 1 N–H and O–H groups in total. The molecule has 1 aromatic carbocycles. The van der Waals surface area contributed by atoms with Crippen LogP contribution in [-0.4, -0.2) is 13.7 Å². The Balaban J connectivity index is 2.26. The summed E-state index contributed by atoms with van der Waals surface area (Å²) in [6.45, 7) is 2.88. The predicted molar refractivity (Wildman–Crippen MR) is 82.0 cm³/mol. The van der Waals surface area contributed by atoms with Crippen LogP contribution in [0, 0.1) is 11.6 Å². The van der Waals surface area contributed by atoms with Crippen LogP contribution in [0.4, 0.5) is 8.78 Å². The van der Waals surface area contributed by atoms with Crippen molar-refractivity contribution in [3.8, 4) is 5.75 Å². The fourth-order valence-electron chi connectivity index (χ4n) is 2.23. The third-order valence-corrected chi connectivity index (χ3v) is 4.30. The van der Waals surface area contributed by atoms with Gasteiger partial charge in [0.15, 0.2) is 11.6 Å². The number of methoxy groups -OCH3 is 1. The molecule has 1 unspecified atom stereocenters. The summed E-state index contributed by atoms with van der Waals surface area (Å²) in [6, 6.07) is 6.10. The van der Waals surface area contributed by atoms with Crippen LogP contribution in [0.5, 0.6) is 5.75 Å². The average molecular weight is 311 g/mol. The number of halogens is 2. The first-order valence-corrected chi connectivity index (χ1v) is 7.83. The number of hydrogen-bond acceptors (Lipinski definition) is 3. The molecule has 0 amide bonds. The van der Waals surface area contributed by atoms with Crippen LogP contribution in [0.25, 0.3) is 0 Å². The minimum absolute atomic E-state index is 0.0869. The molecule has 0 spiro atoms. The van der Waals surface area contributed by atoms with Crippen molar-refractivity contribution in [2.45, 2.75) is 25.8 Å². The summed E-state index contributed by atoms with van der Waals surface area (Å²) in [5.41, 5.74) is 0.374. The van der Waals surface area contributed by atoms with Crippen LogP contribution in [0.15, 0.2) is 29.6 Å². The van der Waals surface area contributed by atoms with Gasteiger partial charge in [0.1, 0.15) is 5.75 Å². The molecule has 2 rings (SSSR count). The lowest BCUT2D eigenvalue weighted by Gasteiger charge is -2.19. The van der Waals surface area contributed by atoms with Gasteiger partial charge in [-0.25, -0.2) is 8.78 Å². The Morgan fingerprint density at radius 2 is 2.10 bits per heavy atom. The number of benzene rings is 1. The van der Waals surface area contributed by atoms with Crippen molar-refractivity contribution in [1.29, 1.82) is 0 Å². The molecule has 2 aromatic rings. The molecule has 0 saturated heterocycles. The summed E-state index contributed by atoms with van der Waals surface area (Å²) in [6.07, 6.45) is 1.36. The number of ether oxygens (including phenoxy) is 1. The Kier molecular flexibility index (Phi) is 5.70. The molecule has 0 saturated carbocycles. The number of thiophene rings is 1. The molecular formula is C16H19F2NOS. The summed E-state index contributed by atoms with van der Waals surface area (Å²) in [7, 11) is 1.62. The monoisotopic (exact) mass is 311 g/mol. The van der Waals surface area contributed by atoms with Gasteiger partial charge in [-0.3, -0.25) is 0 Å². The van der Waals surface area contributed by atoms with Gasteiger partial charge >= 0.3 is 0 Å². The fraction of sp³-hybridized carbons (Fsp3) is 0.375. The van der Waals surface area contributed by atoms with Gasteiger partial charge in [-0.05, 0) is 42.5 Å². The maximum absolute atomic E-state index is 13.9. The van der Waals surface area contributed by atoms with Crippen molar-refractivity contribution in [2.24, 2.45) is 0 Å². The van der Waals surface area contributed by atoms with Gasteiger partial charge in [0, 0.05) is 6.04 Å². The van der Waals surface area contributed by atoms with Crippen molar-refractivity contribution in [3.63, 3.8) is 0 Å². The smallest absolute Gasteiger partial charge is 0.162 e. The highest BCUT2D eigenvalue weighted by molar-refractivity contribution is 7.10. The van der Waals surface area contributed by atoms with Gasteiger partial charge in [0.25, 0.3) is 0 Å². The maximum atomic E-state index is 13.9. The van der Waals surface area contributed by atoms with Crippen molar-refractivity contribution >= 4 is 11.3 Å². The largest absolute Gasteiger partial charge is 0.496 e. The molecule has 2 nitrogen and oxygen atoms in total. The lowest BCUT2D eigenvalue weighted by Crippen LogP contribution is -2.24. The molecule has 0 bridgehead atoms. The molecule has 5 heteroatoms. The summed E-state index contributed by atoms with van der Waals surface area (Å²) in [5.74, 6) is -0.790. The second-order valence-corrected chi connectivity index (χ2v) is 5.72. The quantitative estimate of drug-likeness (QED) is 0.822. The molecule has 0 aliphatic heterocycles. The Hall–Kier alpha value is -1.46. The molecule has 0 radical (unpaired) electrons. The van der Waals surface area contributed by atoms with Crippen LogP contribution >= 0.6 is 11.3 Å². The molecule has 1 aromatic heterocycles. The van der Waals surface area contributed by atoms with Crippen LogP contribution < -0.4 is 10.1 Å². The van der Waals surface area contributed by atoms with Crippen molar-refractivity contribution in [1.82, 2.24) is 5.32 Å². The SMILES string of the molecule is CCCNC(Cc1cccc(F)c1F)c1sccc1OC. The first kappa shape index (κ1) is 15.9. The third kappa shape index (κ3) is 3.80. The average Bonchev–Trinajstić information content (AvgIpc) is 2.96. The number of rotatable bonds is 7. The van der Waals surface area contributed by atoms with Crippen LogP contribution in [0.3, 0.4) is 0 Å². The van der Waals surface area contributed by atoms with Gasteiger partial charge in [-0.15, -0.1) is 11.3 Å². The highest BCUT2D eigenvalue weighted by Crippen LogP contribution is 2.33. The van der Waals surface area contributed by atoms with E-state index in [-0.39, 0.29) is 6.04 Å². The van der Waals surface area contributed by atoms with Crippen molar-refractivity contribution in [3.05, 3.63) is 51.7 Å². The molecule has 1 atom stereocenters. The Bertz CT molecular complexity index is 585. The standard InChI is InChI=1S/C16H19F2NOS/c1-3-8-19-13(16-14(20-2)7-9-21-16)10-11-5-4-6-12(17)15(11)18/h4-7,9,13,19H,3,8,10H2,1-2H3. The zero-order valence-electron chi connectivity index (χ0n) is 12.2. The summed E-state index contributed by atoms with van der Waals surface area (Å²) < 4.78 is 32.6. The van der Waals surface area contributed by atoms with E-state index in [9.17, 15) is 8.78 Å². The van der Waals surface area contributed by atoms with Gasteiger partial charge < -0.3 is 10.1 Å². The second kappa shape index (κ2) is 7.52. The van der Waals surface area contributed by atoms with Crippen LogP contribution in [0.2, 0.25) is 0 Å². The molecular weight excluding hydrogens is 292 g/mol. The summed E-state index contributed by atoms with van der Waals surface area (Å²) >= 11 is 1.56. The summed E-state index contributed by atoms with van der Waals surface area (Å²) in [4.78, 5) is 1.01. The predicted octanol–water partition coefficient (Wildman–Crippen LogP) is 4.32. The van der Waals surface area contributed by atoms with E-state index < -0.39 is 11.6 Å². The second-order valence-electron chi connectivity index (χ2n) is 4.78. The molecule has 1 heterocycles. The van der Waals surface area contributed by atoms with E-state index in [1.165, 1.54) is 6.07 Å². The van der Waals surface area contributed by atoms with Crippen molar-refractivity contribution < 1.29 is 13.5 Å². The molecule has 0 aliphatic rings. The van der Waals surface area contributed by atoms with Gasteiger partial charge in [0.2, 0.25) is 0 Å². The van der Waals surface area contributed by atoms with E-state index in [1.807, 2.05) is 11.4 Å². The van der Waals surface area contributed by atoms with Crippen molar-refractivity contribution in [2.75, 3.05) is 13.7 Å². The zero-order valence-corrected chi connectivity index (χ0v) is 13.0.